The summed E-state index contributed by atoms with van der Waals surface area (Å²) in [5, 5.41) is 3.20. The third-order valence-electron chi connectivity index (χ3n) is 3.49. The average Bonchev–Trinajstić information content (AvgIpc) is 2.37. The molecule has 1 saturated heterocycles. The molecule has 3 heteroatoms. The van der Waals surface area contributed by atoms with Gasteiger partial charge in [-0.1, -0.05) is 6.07 Å². The van der Waals surface area contributed by atoms with Crippen LogP contribution in [-0.2, 0) is 0 Å². The molecule has 0 radical (unpaired) electrons. The molecule has 0 spiro atoms. The molecule has 2 nitrogen and oxygen atoms in total. The lowest BCUT2D eigenvalue weighted by atomic mass is 9.94. The Morgan fingerprint density at radius 1 is 1.47 bits per heavy atom. The second-order valence-electron chi connectivity index (χ2n) is 4.83. The molecule has 1 unspecified atom stereocenters. The van der Waals surface area contributed by atoms with Crippen molar-refractivity contribution in [1.82, 2.24) is 5.32 Å². The Kier molecular flexibility index (Phi) is 4.37. The van der Waals surface area contributed by atoms with Crippen molar-refractivity contribution >= 4 is 5.69 Å². The molecule has 1 heterocycles. The summed E-state index contributed by atoms with van der Waals surface area (Å²) >= 11 is 0. The molecule has 2 rings (SSSR count). The van der Waals surface area contributed by atoms with Gasteiger partial charge in [-0.05, 0) is 57.0 Å². The van der Waals surface area contributed by atoms with Crippen LogP contribution in [0.3, 0.4) is 0 Å². The predicted molar refractivity (Wildman–Crippen MR) is 69.9 cm³/mol. The quantitative estimate of drug-likeness (QED) is 0.864. The van der Waals surface area contributed by atoms with E-state index < -0.39 is 0 Å². The Bertz CT molecular complexity index is 354. The van der Waals surface area contributed by atoms with Gasteiger partial charge in [0.1, 0.15) is 5.82 Å². The largest absolute Gasteiger partial charge is 0.371 e. The van der Waals surface area contributed by atoms with E-state index in [2.05, 4.69) is 10.2 Å². The predicted octanol–water partition coefficient (Wildman–Crippen LogP) is 2.65. The number of nitrogens with zero attached hydrogens (tertiary/aromatic N) is 1. The molecule has 94 valence electrons. The average molecular weight is 236 g/mol. The van der Waals surface area contributed by atoms with Crippen LogP contribution in [0.1, 0.15) is 19.3 Å². The summed E-state index contributed by atoms with van der Waals surface area (Å²) in [5.41, 5.74) is 1.03. The first-order chi connectivity index (χ1) is 8.29. The molecule has 1 fully saturated rings. The Hall–Kier alpha value is -1.09. The maximum Gasteiger partial charge on any atom is 0.125 e. The van der Waals surface area contributed by atoms with E-state index in [0.29, 0.717) is 0 Å². The lowest BCUT2D eigenvalue weighted by Crippen LogP contribution is -2.36. The minimum Gasteiger partial charge on any atom is -0.371 e. The van der Waals surface area contributed by atoms with E-state index in [-0.39, 0.29) is 5.82 Å². The number of benzene rings is 1. The molecule has 0 aliphatic carbocycles. The fraction of sp³-hybridized carbons (Fsp3) is 0.571. The van der Waals surface area contributed by atoms with Crippen LogP contribution in [0.5, 0.6) is 0 Å². The highest BCUT2D eigenvalue weighted by molar-refractivity contribution is 5.46. The summed E-state index contributed by atoms with van der Waals surface area (Å²) in [4.78, 5) is 2.31. The Morgan fingerprint density at radius 2 is 2.35 bits per heavy atom. The highest BCUT2D eigenvalue weighted by Crippen LogP contribution is 2.25. The van der Waals surface area contributed by atoms with Crippen molar-refractivity contribution in [1.29, 1.82) is 0 Å². The second kappa shape index (κ2) is 6.01. The van der Waals surface area contributed by atoms with Gasteiger partial charge in [-0.15, -0.1) is 0 Å². The molecule has 1 aliphatic heterocycles. The maximum absolute atomic E-state index is 13.2. The molecule has 1 aromatic carbocycles. The van der Waals surface area contributed by atoms with Gasteiger partial charge in [0.25, 0.3) is 0 Å². The molecule has 1 atom stereocenters. The standard InChI is InChI=1S/C14H21FN2/c1-16-8-7-12-4-3-9-17(11-12)14-6-2-5-13(15)10-14/h2,5-6,10,12,16H,3-4,7-9,11H2,1H3. The van der Waals surface area contributed by atoms with E-state index in [4.69, 9.17) is 0 Å². The molecule has 17 heavy (non-hydrogen) atoms. The van der Waals surface area contributed by atoms with Gasteiger partial charge in [0.2, 0.25) is 0 Å². The molecular weight excluding hydrogens is 215 g/mol. The van der Waals surface area contributed by atoms with Crippen LogP contribution in [0.4, 0.5) is 10.1 Å². The lowest BCUT2D eigenvalue weighted by Gasteiger charge is -2.34. The number of halogens is 1. The van der Waals surface area contributed by atoms with Gasteiger partial charge in [0.15, 0.2) is 0 Å². The van der Waals surface area contributed by atoms with Crippen LogP contribution in [0.2, 0.25) is 0 Å². The summed E-state index contributed by atoms with van der Waals surface area (Å²) < 4.78 is 13.2. The third-order valence-corrected chi connectivity index (χ3v) is 3.49. The van der Waals surface area contributed by atoms with Crippen LogP contribution in [-0.4, -0.2) is 26.7 Å². The normalized spacial score (nSPS) is 20.6. The zero-order valence-electron chi connectivity index (χ0n) is 10.5. The van der Waals surface area contributed by atoms with E-state index >= 15 is 0 Å². The summed E-state index contributed by atoms with van der Waals surface area (Å²) in [5.74, 6) is 0.597. The van der Waals surface area contributed by atoms with Gasteiger partial charge in [-0.2, -0.15) is 0 Å². The van der Waals surface area contributed by atoms with Crippen molar-refractivity contribution in [2.75, 3.05) is 31.6 Å². The van der Waals surface area contributed by atoms with Gasteiger partial charge < -0.3 is 10.2 Å². The van der Waals surface area contributed by atoms with Crippen LogP contribution >= 0.6 is 0 Å². The number of anilines is 1. The fourth-order valence-corrected chi connectivity index (χ4v) is 2.56. The summed E-state index contributed by atoms with van der Waals surface area (Å²) in [6.07, 6.45) is 3.72. The minimum atomic E-state index is -0.139. The maximum atomic E-state index is 13.2. The van der Waals surface area contributed by atoms with E-state index in [0.717, 1.165) is 31.2 Å². The smallest absolute Gasteiger partial charge is 0.125 e. The summed E-state index contributed by atoms with van der Waals surface area (Å²) in [6.45, 7) is 3.19. The first-order valence-corrected chi connectivity index (χ1v) is 6.44. The van der Waals surface area contributed by atoms with Crippen LogP contribution in [0.25, 0.3) is 0 Å². The van der Waals surface area contributed by atoms with Gasteiger partial charge in [0.05, 0.1) is 0 Å². The first kappa shape index (κ1) is 12.4. The Balaban J connectivity index is 1.97. The second-order valence-corrected chi connectivity index (χ2v) is 4.83. The fourth-order valence-electron chi connectivity index (χ4n) is 2.56. The van der Waals surface area contributed by atoms with Crippen LogP contribution in [0, 0.1) is 11.7 Å². The van der Waals surface area contributed by atoms with Crippen molar-refractivity contribution in [3.63, 3.8) is 0 Å². The van der Waals surface area contributed by atoms with E-state index in [1.807, 2.05) is 13.1 Å². The van der Waals surface area contributed by atoms with E-state index in [1.54, 1.807) is 12.1 Å². The third kappa shape index (κ3) is 3.43. The van der Waals surface area contributed by atoms with Gasteiger partial charge >= 0.3 is 0 Å². The Labute approximate surface area is 103 Å². The zero-order chi connectivity index (χ0) is 12.1. The molecular formula is C14H21FN2. The van der Waals surface area contributed by atoms with Crippen molar-refractivity contribution < 1.29 is 4.39 Å². The van der Waals surface area contributed by atoms with Crippen LogP contribution < -0.4 is 10.2 Å². The van der Waals surface area contributed by atoms with Crippen molar-refractivity contribution in [2.24, 2.45) is 5.92 Å². The van der Waals surface area contributed by atoms with Gasteiger partial charge in [-0.3, -0.25) is 0 Å². The first-order valence-electron chi connectivity index (χ1n) is 6.44. The monoisotopic (exact) mass is 236 g/mol. The van der Waals surface area contributed by atoms with E-state index in [9.17, 15) is 4.39 Å². The van der Waals surface area contributed by atoms with Crippen molar-refractivity contribution in [2.45, 2.75) is 19.3 Å². The van der Waals surface area contributed by atoms with Crippen molar-refractivity contribution in [3.05, 3.63) is 30.1 Å². The number of piperidine rings is 1. The van der Waals surface area contributed by atoms with Gasteiger partial charge in [0, 0.05) is 18.8 Å². The highest BCUT2D eigenvalue weighted by atomic mass is 19.1. The topological polar surface area (TPSA) is 15.3 Å². The molecule has 1 aromatic rings. The SMILES string of the molecule is CNCCC1CCCN(c2cccc(F)c2)C1. The van der Waals surface area contributed by atoms with Crippen LogP contribution in [0.15, 0.2) is 24.3 Å². The molecule has 0 aromatic heterocycles. The number of hydrogen-bond donors (Lipinski definition) is 1. The summed E-state index contributed by atoms with van der Waals surface area (Å²) in [7, 11) is 1.99. The number of rotatable bonds is 4. The highest BCUT2D eigenvalue weighted by Gasteiger charge is 2.19. The van der Waals surface area contributed by atoms with E-state index in [1.165, 1.54) is 25.3 Å². The molecule has 1 aliphatic rings. The van der Waals surface area contributed by atoms with Gasteiger partial charge in [-0.25, -0.2) is 4.39 Å². The molecule has 0 saturated carbocycles. The zero-order valence-corrected chi connectivity index (χ0v) is 10.5. The molecule has 0 amide bonds. The van der Waals surface area contributed by atoms with Crippen molar-refractivity contribution in [3.8, 4) is 0 Å². The lowest BCUT2D eigenvalue weighted by molar-refractivity contribution is 0.387. The molecule has 0 bridgehead atoms. The molecule has 1 N–H and O–H groups in total. The Morgan fingerprint density at radius 3 is 3.12 bits per heavy atom. The number of hydrogen-bond acceptors (Lipinski definition) is 2. The number of nitrogens with one attached hydrogen (secondary N) is 1. The minimum absolute atomic E-state index is 0.139. The summed E-state index contributed by atoms with van der Waals surface area (Å²) in [6, 6.07) is 6.94.